The van der Waals surface area contributed by atoms with E-state index in [0.29, 0.717) is 11.3 Å². The highest BCUT2D eigenvalue weighted by Crippen LogP contribution is 2.34. The molecule has 0 aliphatic heterocycles. The molecule has 3 N–H and O–H groups in total. The molecule has 3 aromatic carbocycles. The zero-order valence-electron chi connectivity index (χ0n) is 22.2. The van der Waals surface area contributed by atoms with E-state index in [9.17, 15) is 5.11 Å². The van der Waals surface area contributed by atoms with Crippen molar-refractivity contribution in [1.82, 2.24) is 19.9 Å². The van der Waals surface area contributed by atoms with Gasteiger partial charge in [-0.25, -0.2) is 9.98 Å². The highest BCUT2D eigenvalue weighted by molar-refractivity contribution is 6.22. The van der Waals surface area contributed by atoms with Crippen LogP contribution >= 0.6 is 0 Å². The van der Waals surface area contributed by atoms with Crippen molar-refractivity contribution < 1.29 is 5.11 Å². The van der Waals surface area contributed by atoms with Gasteiger partial charge in [-0.1, -0.05) is 54.6 Å². The molecule has 0 radical (unpaired) electrons. The van der Waals surface area contributed by atoms with Crippen LogP contribution in [0, 0.1) is 5.92 Å². The number of hydrogen-bond donors (Lipinski definition) is 3. The highest BCUT2D eigenvalue weighted by atomic mass is 16.3. The van der Waals surface area contributed by atoms with Crippen LogP contribution in [0.2, 0.25) is 0 Å². The Kier molecular flexibility index (Phi) is 6.82. The number of anilines is 1. The maximum atomic E-state index is 11.1. The molecule has 7 nitrogen and oxygen atoms in total. The minimum Gasteiger partial charge on any atom is -0.494 e. The summed E-state index contributed by atoms with van der Waals surface area (Å²) in [5, 5.41) is 15.4. The second-order valence-corrected chi connectivity index (χ2v) is 10.5. The van der Waals surface area contributed by atoms with E-state index in [4.69, 9.17) is 4.99 Å². The lowest BCUT2D eigenvalue weighted by atomic mass is 9.99. The van der Waals surface area contributed by atoms with Gasteiger partial charge in [0.05, 0.1) is 35.1 Å². The van der Waals surface area contributed by atoms with Gasteiger partial charge in [-0.2, -0.15) is 0 Å². The number of hydrogen-bond acceptors (Lipinski definition) is 6. The van der Waals surface area contributed by atoms with Crippen LogP contribution in [-0.2, 0) is 6.54 Å². The predicted molar refractivity (Wildman–Crippen MR) is 158 cm³/mol. The summed E-state index contributed by atoms with van der Waals surface area (Å²) in [4.78, 5) is 19.5. The molecule has 1 aliphatic rings. The van der Waals surface area contributed by atoms with Crippen LogP contribution in [0.15, 0.2) is 90.2 Å². The summed E-state index contributed by atoms with van der Waals surface area (Å²) in [6, 6.07) is 24.2. The van der Waals surface area contributed by atoms with E-state index in [2.05, 4.69) is 51.4 Å². The summed E-state index contributed by atoms with van der Waals surface area (Å²) in [6.45, 7) is 1.82. The average Bonchev–Trinajstić information content (AvgIpc) is 3.73. The zero-order chi connectivity index (χ0) is 26.8. The fourth-order valence-electron chi connectivity index (χ4n) is 4.75. The third-order valence-electron chi connectivity index (χ3n) is 6.96. The van der Waals surface area contributed by atoms with E-state index < -0.39 is 0 Å². The summed E-state index contributed by atoms with van der Waals surface area (Å²) >= 11 is 0. The first-order valence-electron chi connectivity index (χ1n) is 13.3. The van der Waals surface area contributed by atoms with Crippen LogP contribution in [0.3, 0.4) is 0 Å². The second-order valence-electron chi connectivity index (χ2n) is 10.5. The van der Waals surface area contributed by atoms with Crippen LogP contribution in [-0.4, -0.2) is 51.3 Å². The number of aliphatic imine (C=N–C) groups is 1. The third-order valence-corrected chi connectivity index (χ3v) is 6.96. The molecule has 0 atom stereocenters. The van der Waals surface area contributed by atoms with Gasteiger partial charge in [0.15, 0.2) is 5.88 Å². The van der Waals surface area contributed by atoms with Gasteiger partial charge in [0, 0.05) is 35.1 Å². The van der Waals surface area contributed by atoms with Crippen LogP contribution < -0.4 is 5.32 Å². The maximum absolute atomic E-state index is 11.1. The Morgan fingerprint density at radius 2 is 1.79 bits per heavy atom. The highest BCUT2D eigenvalue weighted by Gasteiger charge is 2.21. The van der Waals surface area contributed by atoms with Crippen molar-refractivity contribution in [2.24, 2.45) is 10.9 Å². The number of nitrogens with one attached hydrogen (secondary N) is 2. The molecule has 1 saturated carbocycles. The Morgan fingerprint density at radius 1 is 1.00 bits per heavy atom. The molecule has 0 spiro atoms. The summed E-state index contributed by atoms with van der Waals surface area (Å²) in [5.74, 6) is 1.65. The molecule has 2 aromatic heterocycles. The lowest BCUT2D eigenvalue weighted by Gasteiger charge is -2.10. The van der Waals surface area contributed by atoms with Crippen LogP contribution in [0.25, 0.3) is 22.2 Å². The van der Waals surface area contributed by atoms with E-state index in [0.717, 1.165) is 58.2 Å². The van der Waals surface area contributed by atoms with Crippen molar-refractivity contribution >= 4 is 28.1 Å². The molecule has 0 amide bonds. The quantitative estimate of drug-likeness (QED) is 0.198. The first-order chi connectivity index (χ1) is 19.0. The molecule has 1 aliphatic carbocycles. The molecule has 5 aromatic rings. The topological polar surface area (TPSA) is 89.4 Å². The van der Waals surface area contributed by atoms with Gasteiger partial charge >= 0.3 is 0 Å². The van der Waals surface area contributed by atoms with Crippen molar-refractivity contribution in [1.29, 1.82) is 0 Å². The number of rotatable bonds is 9. The van der Waals surface area contributed by atoms with E-state index in [1.165, 1.54) is 18.4 Å². The second kappa shape index (κ2) is 10.7. The van der Waals surface area contributed by atoms with Crippen molar-refractivity contribution in [2.75, 3.05) is 26.0 Å². The minimum atomic E-state index is 0.0830. The maximum Gasteiger partial charge on any atom is 0.199 e. The Bertz CT molecular complexity index is 1600. The van der Waals surface area contributed by atoms with Crippen molar-refractivity contribution in [3.8, 4) is 17.1 Å². The van der Waals surface area contributed by atoms with Crippen molar-refractivity contribution in [2.45, 2.75) is 19.4 Å². The Hall–Kier alpha value is -4.49. The first-order valence-corrected chi connectivity index (χ1v) is 13.3. The van der Waals surface area contributed by atoms with Crippen molar-refractivity contribution in [3.05, 3.63) is 102 Å². The molecule has 1 fully saturated rings. The number of fused-ring (bicyclic) bond motifs is 1. The summed E-state index contributed by atoms with van der Waals surface area (Å²) in [5.41, 5.74) is 6.86. The molecule has 0 bridgehead atoms. The number of aromatic nitrogens is 3. The minimum absolute atomic E-state index is 0.0830. The SMILES string of the molecule is CN(C)Cc1ccc(N=C(c2ccccc2)c2c(O)[nH]c3cc(-c4cnc(NCC5CC5)cn4)ccc23)cc1. The predicted octanol–water partition coefficient (Wildman–Crippen LogP) is 6.38. The molecular weight excluding hydrogens is 484 g/mol. The smallest absolute Gasteiger partial charge is 0.199 e. The first kappa shape index (κ1) is 24.8. The molecule has 6 rings (SSSR count). The number of aromatic hydroxyl groups is 1. The zero-order valence-corrected chi connectivity index (χ0v) is 22.2. The molecule has 0 unspecified atom stereocenters. The fraction of sp³-hybridized carbons (Fsp3) is 0.219. The number of aromatic amines is 1. The molecular formula is C32H32N6O. The molecule has 196 valence electrons. The lowest BCUT2D eigenvalue weighted by molar-refractivity contribution is 0.402. The Morgan fingerprint density at radius 3 is 2.49 bits per heavy atom. The van der Waals surface area contributed by atoms with Gasteiger partial charge in [-0.3, -0.25) is 4.98 Å². The van der Waals surface area contributed by atoms with Gasteiger partial charge in [0.2, 0.25) is 0 Å². The van der Waals surface area contributed by atoms with Gasteiger partial charge in [0.25, 0.3) is 0 Å². The van der Waals surface area contributed by atoms with E-state index in [-0.39, 0.29) is 5.88 Å². The van der Waals surface area contributed by atoms with Crippen molar-refractivity contribution in [3.63, 3.8) is 0 Å². The largest absolute Gasteiger partial charge is 0.494 e. The fourth-order valence-corrected chi connectivity index (χ4v) is 4.75. The lowest BCUT2D eigenvalue weighted by Crippen LogP contribution is -2.10. The Labute approximate surface area is 228 Å². The number of nitrogens with zero attached hydrogens (tertiary/aromatic N) is 4. The van der Waals surface area contributed by atoms with Gasteiger partial charge in [-0.15, -0.1) is 0 Å². The number of H-pyrrole nitrogens is 1. The van der Waals surface area contributed by atoms with Gasteiger partial charge in [0.1, 0.15) is 5.82 Å². The standard InChI is InChI=1S/C32H32N6O/c1-38(2)20-22-10-13-25(14-11-22)36-31(23-6-4-3-5-7-23)30-26-15-12-24(16-27(26)37-32(30)39)28-18-35-29(19-33-28)34-17-21-8-9-21/h3-7,10-16,18-19,21,37,39H,8-9,17,20H2,1-2H3,(H,34,35). The molecule has 39 heavy (non-hydrogen) atoms. The molecule has 7 heteroatoms. The van der Waals surface area contributed by atoms with Crippen LogP contribution in [0.4, 0.5) is 11.5 Å². The Balaban J connectivity index is 1.35. The summed E-state index contributed by atoms with van der Waals surface area (Å²) < 4.78 is 0. The van der Waals surface area contributed by atoms with E-state index in [1.54, 1.807) is 12.4 Å². The monoisotopic (exact) mass is 516 g/mol. The van der Waals surface area contributed by atoms with E-state index in [1.807, 2.05) is 60.7 Å². The van der Waals surface area contributed by atoms with E-state index >= 15 is 0 Å². The van der Waals surface area contributed by atoms with Gasteiger partial charge in [-0.05, 0) is 56.6 Å². The summed E-state index contributed by atoms with van der Waals surface area (Å²) in [7, 11) is 4.11. The number of benzene rings is 3. The summed E-state index contributed by atoms with van der Waals surface area (Å²) in [6.07, 6.45) is 6.16. The molecule has 2 heterocycles. The third kappa shape index (κ3) is 5.68. The van der Waals surface area contributed by atoms with Crippen LogP contribution in [0.5, 0.6) is 5.88 Å². The normalized spacial score (nSPS) is 13.8. The van der Waals surface area contributed by atoms with Crippen LogP contribution in [0.1, 0.15) is 29.5 Å². The van der Waals surface area contributed by atoms with Gasteiger partial charge < -0.3 is 20.3 Å². The average molecular weight is 517 g/mol. The molecule has 0 saturated heterocycles.